The van der Waals surface area contributed by atoms with Crippen molar-refractivity contribution in [3.8, 4) is 0 Å². The molecule has 108 valence electrons. The van der Waals surface area contributed by atoms with Gasteiger partial charge in [0, 0.05) is 19.6 Å². The number of likely N-dealkylation sites (tertiary alicyclic amines) is 1. The van der Waals surface area contributed by atoms with Gasteiger partial charge in [-0.05, 0) is 23.5 Å². The smallest absolute Gasteiger partial charge is 0.308 e. The highest BCUT2D eigenvalue weighted by Crippen LogP contribution is 2.30. The molecule has 2 aliphatic rings. The molecule has 20 heavy (non-hydrogen) atoms. The molecule has 0 spiro atoms. The molecular weight excluding hydrogens is 254 g/mol. The Balaban J connectivity index is 1.69. The minimum absolute atomic E-state index is 0.0831. The number of rotatable bonds is 3. The zero-order valence-corrected chi connectivity index (χ0v) is 11.8. The fourth-order valence-electron chi connectivity index (χ4n) is 3.40. The Morgan fingerprint density at radius 1 is 1.40 bits per heavy atom. The molecule has 1 fully saturated rings. The van der Waals surface area contributed by atoms with E-state index < -0.39 is 5.97 Å². The van der Waals surface area contributed by atoms with Crippen LogP contribution in [-0.4, -0.2) is 42.2 Å². The number of hydrogen-bond acceptors (Lipinski definition) is 3. The van der Waals surface area contributed by atoms with Crippen molar-refractivity contribution in [2.75, 3.05) is 26.2 Å². The first-order chi connectivity index (χ1) is 9.65. The van der Waals surface area contributed by atoms with E-state index in [-0.39, 0.29) is 17.9 Å². The van der Waals surface area contributed by atoms with E-state index in [1.54, 1.807) is 0 Å². The topological polar surface area (TPSA) is 49.8 Å². The molecule has 1 saturated heterocycles. The highest BCUT2D eigenvalue weighted by Gasteiger charge is 2.36. The first kappa shape index (κ1) is 13.6. The number of aliphatic carboxylic acids is 1. The number of carbonyl (C=O) groups is 1. The first-order valence-electron chi connectivity index (χ1n) is 7.29. The van der Waals surface area contributed by atoms with E-state index in [4.69, 9.17) is 4.74 Å². The fraction of sp³-hybridized carbons (Fsp3) is 0.562. The number of fused-ring (bicyclic) bond motifs is 1. The lowest BCUT2D eigenvalue weighted by atomic mass is 9.97. The summed E-state index contributed by atoms with van der Waals surface area (Å²) in [5.74, 6) is -0.704. The predicted molar refractivity (Wildman–Crippen MR) is 75.6 cm³/mol. The van der Waals surface area contributed by atoms with Crippen molar-refractivity contribution in [2.24, 2.45) is 11.8 Å². The van der Waals surface area contributed by atoms with E-state index in [1.165, 1.54) is 11.1 Å². The van der Waals surface area contributed by atoms with Crippen molar-refractivity contribution in [1.29, 1.82) is 0 Å². The van der Waals surface area contributed by atoms with E-state index in [9.17, 15) is 9.90 Å². The third-order valence-electron chi connectivity index (χ3n) is 4.52. The van der Waals surface area contributed by atoms with Gasteiger partial charge in [0.2, 0.25) is 0 Å². The largest absolute Gasteiger partial charge is 0.481 e. The zero-order valence-electron chi connectivity index (χ0n) is 11.8. The van der Waals surface area contributed by atoms with Crippen LogP contribution >= 0.6 is 0 Å². The van der Waals surface area contributed by atoms with Crippen LogP contribution in [0.3, 0.4) is 0 Å². The van der Waals surface area contributed by atoms with Gasteiger partial charge in [0.05, 0.1) is 18.6 Å². The maximum Gasteiger partial charge on any atom is 0.308 e. The van der Waals surface area contributed by atoms with E-state index in [0.29, 0.717) is 6.54 Å². The summed E-state index contributed by atoms with van der Waals surface area (Å²) in [7, 11) is 0. The molecule has 3 rings (SSSR count). The van der Waals surface area contributed by atoms with Crippen molar-refractivity contribution >= 4 is 5.97 Å². The number of nitrogens with zero attached hydrogens (tertiary/aromatic N) is 1. The van der Waals surface area contributed by atoms with E-state index in [1.807, 2.05) is 13.0 Å². The third kappa shape index (κ3) is 2.58. The van der Waals surface area contributed by atoms with E-state index >= 15 is 0 Å². The molecule has 0 radical (unpaired) electrons. The molecule has 2 heterocycles. The Morgan fingerprint density at radius 2 is 2.20 bits per heavy atom. The Morgan fingerprint density at radius 3 is 2.95 bits per heavy atom. The lowest BCUT2D eigenvalue weighted by molar-refractivity contribution is -0.142. The molecule has 0 amide bonds. The summed E-state index contributed by atoms with van der Waals surface area (Å²) in [5.41, 5.74) is 2.64. The molecule has 3 unspecified atom stereocenters. The molecule has 0 bridgehead atoms. The van der Waals surface area contributed by atoms with Crippen molar-refractivity contribution in [1.82, 2.24) is 4.90 Å². The van der Waals surface area contributed by atoms with Crippen LogP contribution in [0.1, 0.15) is 24.2 Å². The normalized spacial score (nSPS) is 30.1. The summed E-state index contributed by atoms with van der Waals surface area (Å²) in [5, 5.41) is 9.21. The second-order valence-corrected chi connectivity index (χ2v) is 5.95. The fourth-order valence-corrected chi connectivity index (χ4v) is 3.40. The zero-order chi connectivity index (χ0) is 14.1. The summed E-state index contributed by atoms with van der Waals surface area (Å²) in [6, 6.07) is 8.41. The predicted octanol–water partition coefficient (Wildman–Crippen LogP) is 1.95. The van der Waals surface area contributed by atoms with Crippen LogP contribution in [0.4, 0.5) is 0 Å². The van der Waals surface area contributed by atoms with Crippen molar-refractivity contribution in [3.63, 3.8) is 0 Å². The van der Waals surface area contributed by atoms with Crippen molar-refractivity contribution in [3.05, 3.63) is 35.4 Å². The van der Waals surface area contributed by atoms with Crippen LogP contribution in [0.2, 0.25) is 0 Å². The molecular formula is C16H21NO3. The third-order valence-corrected chi connectivity index (χ3v) is 4.52. The molecule has 4 nitrogen and oxygen atoms in total. The Hall–Kier alpha value is -1.39. The van der Waals surface area contributed by atoms with Crippen LogP contribution in [0.25, 0.3) is 0 Å². The summed E-state index contributed by atoms with van der Waals surface area (Å²) >= 11 is 0. The van der Waals surface area contributed by atoms with Gasteiger partial charge in [0.25, 0.3) is 0 Å². The second-order valence-electron chi connectivity index (χ2n) is 5.95. The Labute approximate surface area is 119 Å². The van der Waals surface area contributed by atoms with Gasteiger partial charge in [0.1, 0.15) is 0 Å². The van der Waals surface area contributed by atoms with Crippen LogP contribution in [0.15, 0.2) is 24.3 Å². The number of benzene rings is 1. The lowest BCUT2D eigenvalue weighted by Crippen LogP contribution is -2.31. The van der Waals surface area contributed by atoms with Gasteiger partial charge in [0.15, 0.2) is 0 Å². The second kappa shape index (κ2) is 5.54. The molecule has 0 saturated carbocycles. The van der Waals surface area contributed by atoms with Gasteiger partial charge in [-0.1, -0.05) is 31.2 Å². The molecule has 0 aromatic heterocycles. The minimum Gasteiger partial charge on any atom is -0.481 e. The monoisotopic (exact) mass is 275 g/mol. The summed E-state index contributed by atoms with van der Waals surface area (Å²) in [6.07, 6.45) is 1.06. The first-order valence-corrected chi connectivity index (χ1v) is 7.29. The molecule has 1 aromatic carbocycles. The molecule has 2 aliphatic heterocycles. The molecule has 3 atom stereocenters. The Bertz CT molecular complexity index is 502. The number of carboxylic acids is 1. The quantitative estimate of drug-likeness (QED) is 0.916. The molecule has 0 aliphatic carbocycles. The summed E-state index contributed by atoms with van der Waals surface area (Å²) in [4.78, 5) is 13.4. The van der Waals surface area contributed by atoms with Crippen LogP contribution in [0.5, 0.6) is 0 Å². The van der Waals surface area contributed by atoms with E-state index in [0.717, 1.165) is 26.1 Å². The summed E-state index contributed by atoms with van der Waals surface area (Å²) < 4.78 is 5.91. The highest BCUT2D eigenvalue weighted by atomic mass is 16.5. The highest BCUT2D eigenvalue weighted by molar-refractivity contribution is 5.71. The summed E-state index contributed by atoms with van der Waals surface area (Å²) in [6.45, 7) is 5.06. The lowest BCUT2D eigenvalue weighted by Gasteiger charge is -2.29. The van der Waals surface area contributed by atoms with Gasteiger partial charge >= 0.3 is 5.97 Å². The van der Waals surface area contributed by atoms with Crippen LogP contribution in [-0.2, 0) is 16.0 Å². The molecule has 4 heteroatoms. The van der Waals surface area contributed by atoms with Crippen molar-refractivity contribution < 1.29 is 14.6 Å². The van der Waals surface area contributed by atoms with Gasteiger partial charge in [-0.2, -0.15) is 0 Å². The molecule has 1 N–H and O–H groups in total. The standard InChI is InChI=1S/C16H21NO3/c1-11-8-17(9-14(11)16(18)19)10-15-13-5-3-2-4-12(13)6-7-20-15/h2-5,11,14-15H,6-10H2,1H3,(H,18,19). The van der Waals surface area contributed by atoms with Crippen molar-refractivity contribution in [2.45, 2.75) is 19.4 Å². The number of ether oxygens (including phenoxy) is 1. The average Bonchev–Trinajstić information content (AvgIpc) is 2.80. The van der Waals surface area contributed by atoms with Crippen LogP contribution in [0, 0.1) is 11.8 Å². The SMILES string of the molecule is CC1CN(CC2OCCc3ccccc32)CC1C(=O)O. The van der Waals surface area contributed by atoms with Gasteiger partial charge in [-0.3, -0.25) is 9.69 Å². The average molecular weight is 275 g/mol. The van der Waals surface area contributed by atoms with Gasteiger partial charge < -0.3 is 9.84 Å². The maximum absolute atomic E-state index is 11.2. The molecule has 1 aromatic rings. The van der Waals surface area contributed by atoms with Gasteiger partial charge in [-0.15, -0.1) is 0 Å². The Kier molecular flexibility index (Phi) is 3.76. The van der Waals surface area contributed by atoms with Crippen LogP contribution < -0.4 is 0 Å². The van der Waals surface area contributed by atoms with Gasteiger partial charge in [-0.25, -0.2) is 0 Å². The van der Waals surface area contributed by atoms with E-state index in [2.05, 4.69) is 23.1 Å². The number of hydrogen-bond donors (Lipinski definition) is 1. The minimum atomic E-state index is -0.676. The number of carboxylic acid groups (broad SMARTS) is 1. The maximum atomic E-state index is 11.2.